The van der Waals surface area contributed by atoms with Gasteiger partial charge in [-0.05, 0) is 69.4 Å². The molecule has 1 amide bonds. The van der Waals surface area contributed by atoms with Gasteiger partial charge in [0, 0.05) is 23.8 Å². The summed E-state index contributed by atoms with van der Waals surface area (Å²) in [7, 11) is 0. The molecule has 0 radical (unpaired) electrons. The van der Waals surface area contributed by atoms with Gasteiger partial charge < -0.3 is 4.90 Å². The van der Waals surface area contributed by atoms with Crippen molar-refractivity contribution < 1.29 is 4.79 Å². The van der Waals surface area contributed by atoms with Crippen molar-refractivity contribution in [1.82, 2.24) is 4.90 Å². The van der Waals surface area contributed by atoms with Gasteiger partial charge in [-0.3, -0.25) is 9.69 Å². The highest BCUT2D eigenvalue weighted by Gasteiger charge is 2.37. The summed E-state index contributed by atoms with van der Waals surface area (Å²) in [4.78, 5) is 17.4. The number of carbonyl (C=O) groups is 1. The van der Waals surface area contributed by atoms with Crippen LogP contribution in [0, 0.1) is 0 Å². The Bertz CT molecular complexity index is 826. The van der Waals surface area contributed by atoms with Crippen LogP contribution in [0.15, 0.2) is 35.8 Å². The number of thiocarbonyl (C=S) groups is 1. The number of thioether (sulfide) groups is 1. The highest BCUT2D eigenvalue weighted by Crippen LogP contribution is 2.45. The largest absolute Gasteiger partial charge is 0.364 e. The molecule has 2 heterocycles. The first kappa shape index (κ1) is 20.2. The summed E-state index contributed by atoms with van der Waals surface area (Å²) in [6.07, 6.45) is 4.79. The molecule has 1 saturated heterocycles. The zero-order valence-electron chi connectivity index (χ0n) is 16.8. The van der Waals surface area contributed by atoms with Crippen LogP contribution in [0.3, 0.4) is 0 Å². The minimum atomic E-state index is -0.0272. The Morgan fingerprint density at radius 1 is 1.41 bits per heavy atom. The van der Waals surface area contributed by atoms with Gasteiger partial charge in [-0.15, -0.1) is 6.58 Å². The summed E-state index contributed by atoms with van der Waals surface area (Å²) in [5.74, 6) is 0.453. The van der Waals surface area contributed by atoms with Crippen LogP contribution in [0.2, 0.25) is 0 Å². The van der Waals surface area contributed by atoms with E-state index in [1.807, 2.05) is 6.08 Å². The minimum Gasteiger partial charge on any atom is -0.364 e. The van der Waals surface area contributed by atoms with Crippen LogP contribution in [0.1, 0.15) is 58.1 Å². The minimum absolute atomic E-state index is 0.0272. The number of amides is 1. The molecule has 1 aromatic rings. The maximum atomic E-state index is 12.6. The Balaban J connectivity index is 1.97. The van der Waals surface area contributed by atoms with Gasteiger partial charge in [0.05, 0.1) is 4.91 Å². The number of carbonyl (C=O) groups excluding carboxylic acids is 1. The molecule has 1 aromatic carbocycles. The zero-order valence-corrected chi connectivity index (χ0v) is 18.4. The lowest BCUT2D eigenvalue weighted by molar-refractivity contribution is -0.121. The van der Waals surface area contributed by atoms with Crippen molar-refractivity contribution in [3.05, 3.63) is 46.9 Å². The highest BCUT2D eigenvalue weighted by atomic mass is 32.2. The van der Waals surface area contributed by atoms with Crippen molar-refractivity contribution in [1.29, 1.82) is 0 Å². The summed E-state index contributed by atoms with van der Waals surface area (Å²) in [6, 6.07) is 7.00. The van der Waals surface area contributed by atoms with E-state index in [0.29, 0.717) is 27.7 Å². The van der Waals surface area contributed by atoms with Crippen LogP contribution in [-0.4, -0.2) is 33.3 Å². The number of rotatable bonds is 4. The molecule has 0 aliphatic carbocycles. The van der Waals surface area contributed by atoms with Crippen molar-refractivity contribution in [3.8, 4) is 0 Å². The summed E-state index contributed by atoms with van der Waals surface area (Å²) in [6.45, 7) is 15.6. The first-order chi connectivity index (χ1) is 12.7. The van der Waals surface area contributed by atoms with Gasteiger partial charge in [0.25, 0.3) is 5.91 Å². The third kappa shape index (κ3) is 3.72. The van der Waals surface area contributed by atoms with Gasteiger partial charge >= 0.3 is 0 Å². The van der Waals surface area contributed by atoms with Crippen LogP contribution in [0.4, 0.5) is 5.69 Å². The van der Waals surface area contributed by atoms with Crippen LogP contribution in [0.5, 0.6) is 0 Å². The molecule has 1 fully saturated rings. The van der Waals surface area contributed by atoms with E-state index in [2.05, 4.69) is 64.3 Å². The first-order valence-corrected chi connectivity index (χ1v) is 10.7. The van der Waals surface area contributed by atoms with Crippen LogP contribution < -0.4 is 4.90 Å². The molecule has 1 atom stereocenters. The van der Waals surface area contributed by atoms with Gasteiger partial charge in [-0.1, -0.05) is 43.0 Å². The van der Waals surface area contributed by atoms with Gasteiger partial charge in [0.15, 0.2) is 0 Å². The van der Waals surface area contributed by atoms with Crippen LogP contribution in [-0.2, 0) is 4.79 Å². The number of nitrogens with zero attached hydrogens (tertiary/aromatic N) is 2. The normalized spacial score (nSPS) is 23.3. The number of hydrogen-bond donors (Lipinski definition) is 0. The topological polar surface area (TPSA) is 23.6 Å². The number of hydrogen-bond acceptors (Lipinski definition) is 4. The molecule has 5 heteroatoms. The monoisotopic (exact) mass is 400 g/mol. The van der Waals surface area contributed by atoms with E-state index in [9.17, 15) is 4.79 Å². The third-order valence-corrected chi connectivity index (χ3v) is 6.68. The SMILES string of the molecule is C=CCN1C(=O)/C(=C/c2ccc3c(c2)[C@H](C)CC(C)(C)N3C(C)C)SC1=S. The highest BCUT2D eigenvalue weighted by molar-refractivity contribution is 8.26. The first-order valence-electron chi connectivity index (χ1n) is 9.45. The molecule has 0 spiro atoms. The summed E-state index contributed by atoms with van der Waals surface area (Å²) in [5, 5.41) is 0. The fourth-order valence-corrected chi connectivity index (χ4v) is 5.75. The molecule has 2 aliphatic rings. The molecule has 27 heavy (non-hydrogen) atoms. The molecular formula is C22H28N2OS2. The fraction of sp³-hybridized carbons (Fsp3) is 0.455. The standard InChI is InChI=1S/C22H28N2OS2/c1-7-10-23-20(25)19(27-21(23)26)12-16-8-9-18-17(11-16)15(4)13-22(5,6)24(18)14(2)3/h7-9,11-12,14-15H,1,10,13H2,2-6H3/b19-12-/t15-/m1/s1. The molecule has 2 aliphatic heterocycles. The maximum absolute atomic E-state index is 12.6. The predicted molar refractivity (Wildman–Crippen MR) is 121 cm³/mol. The average molecular weight is 401 g/mol. The molecule has 0 N–H and O–H groups in total. The lowest BCUT2D eigenvalue weighted by Crippen LogP contribution is -2.51. The van der Waals surface area contributed by atoms with E-state index >= 15 is 0 Å². The second-order valence-electron chi connectivity index (χ2n) is 8.28. The fourth-order valence-electron chi connectivity index (χ4n) is 4.48. The number of anilines is 1. The molecule has 3 rings (SSSR count). The lowest BCUT2D eigenvalue weighted by atomic mass is 9.79. The smallest absolute Gasteiger partial charge is 0.266 e. The number of fused-ring (bicyclic) bond motifs is 1. The summed E-state index contributed by atoms with van der Waals surface area (Å²) in [5.41, 5.74) is 3.86. The van der Waals surface area contributed by atoms with E-state index < -0.39 is 0 Å². The maximum Gasteiger partial charge on any atom is 0.266 e. The Kier molecular flexibility index (Phi) is 5.55. The van der Waals surface area contributed by atoms with E-state index in [4.69, 9.17) is 12.2 Å². The van der Waals surface area contributed by atoms with Gasteiger partial charge in [-0.25, -0.2) is 0 Å². The molecule has 0 unspecified atom stereocenters. The van der Waals surface area contributed by atoms with Gasteiger partial charge in [0.1, 0.15) is 4.32 Å². The van der Waals surface area contributed by atoms with Crippen molar-refractivity contribution >= 4 is 46.0 Å². The lowest BCUT2D eigenvalue weighted by Gasteiger charge is -2.50. The van der Waals surface area contributed by atoms with E-state index in [-0.39, 0.29) is 11.4 Å². The summed E-state index contributed by atoms with van der Waals surface area (Å²) < 4.78 is 0.602. The zero-order chi connectivity index (χ0) is 19.9. The molecule has 0 saturated carbocycles. The van der Waals surface area contributed by atoms with E-state index in [1.54, 1.807) is 11.0 Å². The molecule has 0 bridgehead atoms. The summed E-state index contributed by atoms with van der Waals surface area (Å²) >= 11 is 6.71. The Hall–Kier alpha value is -1.59. The second-order valence-corrected chi connectivity index (χ2v) is 9.96. The van der Waals surface area contributed by atoms with Crippen LogP contribution in [0.25, 0.3) is 6.08 Å². The Morgan fingerprint density at radius 2 is 2.11 bits per heavy atom. The van der Waals surface area contributed by atoms with E-state index in [0.717, 1.165) is 12.0 Å². The average Bonchev–Trinajstić information content (AvgIpc) is 2.82. The molecule has 144 valence electrons. The molecular weight excluding hydrogens is 372 g/mol. The second kappa shape index (κ2) is 7.44. The molecule has 0 aromatic heterocycles. The predicted octanol–water partition coefficient (Wildman–Crippen LogP) is 5.57. The van der Waals surface area contributed by atoms with Crippen molar-refractivity contribution in [2.45, 2.75) is 58.5 Å². The van der Waals surface area contributed by atoms with Crippen molar-refractivity contribution in [2.75, 3.05) is 11.4 Å². The quantitative estimate of drug-likeness (QED) is 0.374. The molecule has 3 nitrogen and oxygen atoms in total. The van der Waals surface area contributed by atoms with Crippen LogP contribution >= 0.6 is 24.0 Å². The number of benzene rings is 1. The van der Waals surface area contributed by atoms with Crippen molar-refractivity contribution in [3.63, 3.8) is 0 Å². The Morgan fingerprint density at radius 3 is 2.74 bits per heavy atom. The van der Waals surface area contributed by atoms with Gasteiger partial charge in [-0.2, -0.15) is 0 Å². The van der Waals surface area contributed by atoms with Gasteiger partial charge in [0.2, 0.25) is 0 Å². The third-order valence-electron chi connectivity index (χ3n) is 5.30. The Labute approximate surface area is 172 Å². The van der Waals surface area contributed by atoms with E-state index in [1.165, 1.54) is 23.0 Å². The van der Waals surface area contributed by atoms with Crippen molar-refractivity contribution in [2.24, 2.45) is 0 Å².